The molecule has 2 rings (SSSR count). The standard InChI is InChI=1S/C16H18N2O2S/c1-20-13-8-6-12(7-9-13)17-14-4-2-3-5-15(14)18-16(19)10-11-21/h2-9,17,21H,10-11H2,1H3,(H,18,19). The quantitative estimate of drug-likeness (QED) is 0.713. The van der Waals surface area contributed by atoms with E-state index in [1.807, 2.05) is 48.5 Å². The fourth-order valence-electron chi connectivity index (χ4n) is 1.85. The van der Waals surface area contributed by atoms with Crippen molar-refractivity contribution < 1.29 is 9.53 Å². The van der Waals surface area contributed by atoms with Gasteiger partial charge in [0, 0.05) is 12.1 Å². The van der Waals surface area contributed by atoms with Gasteiger partial charge >= 0.3 is 0 Å². The van der Waals surface area contributed by atoms with Crippen LogP contribution >= 0.6 is 12.6 Å². The number of amides is 1. The van der Waals surface area contributed by atoms with Gasteiger partial charge in [0.25, 0.3) is 0 Å². The number of hydrogen-bond donors (Lipinski definition) is 3. The molecule has 2 N–H and O–H groups in total. The normalized spacial score (nSPS) is 10.0. The van der Waals surface area contributed by atoms with Gasteiger partial charge in [0.1, 0.15) is 5.75 Å². The Morgan fingerprint density at radius 3 is 2.38 bits per heavy atom. The minimum Gasteiger partial charge on any atom is -0.497 e. The highest BCUT2D eigenvalue weighted by atomic mass is 32.1. The van der Waals surface area contributed by atoms with E-state index in [9.17, 15) is 4.79 Å². The van der Waals surface area contributed by atoms with Crippen LogP contribution in [-0.2, 0) is 4.79 Å². The summed E-state index contributed by atoms with van der Waals surface area (Å²) in [4.78, 5) is 11.7. The molecule has 0 bridgehead atoms. The topological polar surface area (TPSA) is 50.4 Å². The third kappa shape index (κ3) is 4.43. The van der Waals surface area contributed by atoms with E-state index in [-0.39, 0.29) is 5.91 Å². The average Bonchev–Trinajstić information content (AvgIpc) is 2.50. The largest absolute Gasteiger partial charge is 0.497 e. The zero-order valence-electron chi connectivity index (χ0n) is 11.8. The molecule has 0 aromatic heterocycles. The van der Waals surface area contributed by atoms with Crippen molar-refractivity contribution in [3.05, 3.63) is 48.5 Å². The first-order chi connectivity index (χ1) is 10.2. The fraction of sp³-hybridized carbons (Fsp3) is 0.188. The Bertz CT molecular complexity index is 599. The van der Waals surface area contributed by atoms with E-state index in [0.717, 1.165) is 22.8 Å². The van der Waals surface area contributed by atoms with Crippen LogP contribution in [0.4, 0.5) is 17.1 Å². The zero-order chi connectivity index (χ0) is 15.1. The number of carbonyl (C=O) groups is 1. The highest BCUT2D eigenvalue weighted by Crippen LogP contribution is 2.26. The number of rotatable bonds is 6. The second-order valence-electron chi connectivity index (χ2n) is 4.42. The van der Waals surface area contributed by atoms with Gasteiger partial charge in [-0.05, 0) is 42.2 Å². The SMILES string of the molecule is COc1ccc(Nc2ccccc2NC(=O)CCS)cc1. The summed E-state index contributed by atoms with van der Waals surface area (Å²) < 4.78 is 5.13. The van der Waals surface area contributed by atoms with Crippen LogP contribution in [0.5, 0.6) is 5.75 Å². The van der Waals surface area contributed by atoms with Crippen molar-refractivity contribution in [2.45, 2.75) is 6.42 Å². The van der Waals surface area contributed by atoms with E-state index < -0.39 is 0 Å². The summed E-state index contributed by atoms with van der Waals surface area (Å²) in [5.41, 5.74) is 2.52. The van der Waals surface area contributed by atoms with Crippen molar-refractivity contribution >= 4 is 35.6 Å². The van der Waals surface area contributed by atoms with Gasteiger partial charge < -0.3 is 15.4 Å². The lowest BCUT2D eigenvalue weighted by Crippen LogP contribution is -2.12. The highest BCUT2D eigenvalue weighted by molar-refractivity contribution is 7.80. The third-order valence-corrected chi connectivity index (χ3v) is 3.13. The summed E-state index contributed by atoms with van der Waals surface area (Å²) in [7, 11) is 1.63. The summed E-state index contributed by atoms with van der Waals surface area (Å²) in [6, 6.07) is 15.2. The number of methoxy groups -OCH3 is 1. The van der Waals surface area contributed by atoms with Crippen LogP contribution in [0, 0.1) is 0 Å². The molecule has 2 aromatic rings. The number of ether oxygens (including phenoxy) is 1. The number of thiol groups is 1. The summed E-state index contributed by atoms with van der Waals surface area (Å²) in [5, 5.41) is 6.16. The molecule has 0 fully saturated rings. The zero-order valence-corrected chi connectivity index (χ0v) is 12.7. The lowest BCUT2D eigenvalue weighted by molar-refractivity contribution is -0.115. The molecule has 5 heteroatoms. The maximum Gasteiger partial charge on any atom is 0.225 e. The fourth-order valence-corrected chi connectivity index (χ4v) is 2.05. The number of hydrogen-bond acceptors (Lipinski definition) is 4. The second-order valence-corrected chi connectivity index (χ2v) is 4.87. The van der Waals surface area contributed by atoms with Gasteiger partial charge in [0.05, 0.1) is 18.5 Å². The average molecular weight is 302 g/mol. The molecule has 0 saturated heterocycles. The van der Waals surface area contributed by atoms with Gasteiger partial charge in [0.2, 0.25) is 5.91 Å². The van der Waals surface area contributed by atoms with Crippen LogP contribution in [0.25, 0.3) is 0 Å². The molecule has 110 valence electrons. The Balaban J connectivity index is 2.13. The third-order valence-electron chi connectivity index (χ3n) is 2.91. The molecule has 2 aromatic carbocycles. The first kappa shape index (κ1) is 15.3. The van der Waals surface area contributed by atoms with Crippen LogP contribution in [0.2, 0.25) is 0 Å². The van der Waals surface area contributed by atoms with Gasteiger partial charge in [-0.2, -0.15) is 12.6 Å². The van der Waals surface area contributed by atoms with Gasteiger partial charge in [-0.15, -0.1) is 0 Å². The van der Waals surface area contributed by atoms with E-state index in [4.69, 9.17) is 4.74 Å². The number of anilines is 3. The van der Waals surface area contributed by atoms with E-state index in [1.165, 1.54) is 0 Å². The van der Waals surface area contributed by atoms with Crippen molar-refractivity contribution in [2.24, 2.45) is 0 Å². The number of para-hydroxylation sites is 2. The van der Waals surface area contributed by atoms with Crippen molar-refractivity contribution in [2.75, 3.05) is 23.5 Å². The molecular formula is C16H18N2O2S. The first-order valence-corrected chi connectivity index (χ1v) is 7.27. The molecule has 1 amide bonds. The Morgan fingerprint density at radius 2 is 1.76 bits per heavy atom. The van der Waals surface area contributed by atoms with Gasteiger partial charge in [-0.1, -0.05) is 12.1 Å². The van der Waals surface area contributed by atoms with Crippen LogP contribution in [0.3, 0.4) is 0 Å². The smallest absolute Gasteiger partial charge is 0.225 e. The van der Waals surface area contributed by atoms with Gasteiger partial charge in [-0.3, -0.25) is 4.79 Å². The van der Waals surface area contributed by atoms with Gasteiger partial charge in [0.15, 0.2) is 0 Å². The summed E-state index contributed by atoms with van der Waals surface area (Å²) >= 11 is 4.06. The number of nitrogens with one attached hydrogen (secondary N) is 2. The molecule has 0 radical (unpaired) electrons. The Hall–Kier alpha value is -2.14. The van der Waals surface area contributed by atoms with Crippen molar-refractivity contribution in [1.29, 1.82) is 0 Å². The van der Waals surface area contributed by atoms with E-state index in [1.54, 1.807) is 7.11 Å². The second kappa shape index (κ2) is 7.59. The Morgan fingerprint density at radius 1 is 1.10 bits per heavy atom. The molecule has 0 atom stereocenters. The van der Waals surface area contributed by atoms with E-state index in [0.29, 0.717) is 12.2 Å². The van der Waals surface area contributed by atoms with Crippen molar-refractivity contribution in [1.82, 2.24) is 0 Å². The lowest BCUT2D eigenvalue weighted by Gasteiger charge is -2.13. The van der Waals surface area contributed by atoms with Crippen molar-refractivity contribution in [3.63, 3.8) is 0 Å². The lowest BCUT2D eigenvalue weighted by atomic mass is 10.2. The molecule has 21 heavy (non-hydrogen) atoms. The van der Waals surface area contributed by atoms with Crippen LogP contribution in [-0.4, -0.2) is 18.8 Å². The van der Waals surface area contributed by atoms with Crippen LogP contribution in [0.15, 0.2) is 48.5 Å². The molecule has 4 nitrogen and oxygen atoms in total. The predicted molar refractivity (Wildman–Crippen MR) is 89.8 cm³/mol. The molecule has 0 heterocycles. The molecule has 0 saturated carbocycles. The van der Waals surface area contributed by atoms with Crippen molar-refractivity contribution in [3.8, 4) is 5.75 Å². The molecule has 0 spiro atoms. The van der Waals surface area contributed by atoms with E-state index in [2.05, 4.69) is 23.3 Å². The van der Waals surface area contributed by atoms with Crippen LogP contribution < -0.4 is 15.4 Å². The minimum absolute atomic E-state index is 0.0472. The molecule has 0 aliphatic rings. The Kier molecular flexibility index (Phi) is 5.51. The summed E-state index contributed by atoms with van der Waals surface area (Å²) in [6.45, 7) is 0. The maximum atomic E-state index is 11.7. The monoisotopic (exact) mass is 302 g/mol. The predicted octanol–water partition coefficient (Wildman–Crippen LogP) is 3.70. The molecular weight excluding hydrogens is 284 g/mol. The maximum absolute atomic E-state index is 11.7. The number of benzene rings is 2. The van der Waals surface area contributed by atoms with Crippen LogP contribution in [0.1, 0.15) is 6.42 Å². The van der Waals surface area contributed by atoms with Gasteiger partial charge in [-0.25, -0.2) is 0 Å². The number of carbonyl (C=O) groups excluding carboxylic acids is 1. The van der Waals surface area contributed by atoms with E-state index >= 15 is 0 Å². The molecule has 0 aliphatic heterocycles. The molecule has 0 unspecified atom stereocenters. The first-order valence-electron chi connectivity index (χ1n) is 6.63. The summed E-state index contributed by atoms with van der Waals surface area (Å²) in [5.74, 6) is 1.28. The summed E-state index contributed by atoms with van der Waals surface area (Å²) in [6.07, 6.45) is 0.389. The Labute approximate surface area is 129 Å². The minimum atomic E-state index is -0.0472. The highest BCUT2D eigenvalue weighted by Gasteiger charge is 2.06. The molecule has 0 aliphatic carbocycles.